The number of para-hydroxylation sites is 1. The molecule has 24 heavy (non-hydrogen) atoms. The van der Waals surface area contributed by atoms with Crippen molar-refractivity contribution in [2.45, 2.75) is 12.8 Å². The maximum atomic E-state index is 12.7. The number of benzene rings is 2. The lowest BCUT2D eigenvalue weighted by molar-refractivity contribution is -0.122. The summed E-state index contributed by atoms with van der Waals surface area (Å²) in [7, 11) is 0. The van der Waals surface area contributed by atoms with Gasteiger partial charge < -0.3 is 0 Å². The Bertz CT molecular complexity index is 903. The van der Waals surface area contributed by atoms with Crippen molar-refractivity contribution < 1.29 is 9.59 Å². The molecule has 2 amide bonds. The van der Waals surface area contributed by atoms with Crippen LogP contribution in [-0.2, 0) is 16.0 Å². The molecule has 4 nitrogen and oxygen atoms in total. The third-order valence-electron chi connectivity index (χ3n) is 4.11. The number of carbonyl (C=O) groups is 2. The van der Waals surface area contributed by atoms with Crippen LogP contribution in [0, 0.1) is 5.92 Å². The number of anilines is 1. The van der Waals surface area contributed by atoms with Crippen LogP contribution < -0.4 is 4.90 Å². The van der Waals surface area contributed by atoms with Crippen LogP contribution in [0.2, 0.25) is 5.02 Å². The Balaban J connectivity index is 1.60. The number of aromatic nitrogens is 1. The highest BCUT2D eigenvalue weighted by atomic mass is 35.5. The molecule has 0 radical (unpaired) electrons. The Kier molecular flexibility index (Phi) is 3.82. The van der Waals surface area contributed by atoms with E-state index >= 15 is 0 Å². The summed E-state index contributed by atoms with van der Waals surface area (Å²) in [5.41, 5.74) is 1.80. The highest BCUT2D eigenvalue weighted by Gasteiger charge is 2.40. The van der Waals surface area contributed by atoms with Crippen LogP contribution in [0.25, 0.3) is 10.2 Å². The van der Waals surface area contributed by atoms with Crippen molar-refractivity contribution in [2.24, 2.45) is 5.92 Å². The zero-order chi connectivity index (χ0) is 16.7. The molecule has 1 fully saturated rings. The molecule has 4 rings (SSSR count). The predicted molar refractivity (Wildman–Crippen MR) is 95.4 cm³/mol. The molecule has 3 aromatic rings. The Hall–Kier alpha value is -2.24. The Morgan fingerprint density at radius 2 is 1.88 bits per heavy atom. The lowest BCUT2D eigenvalue weighted by atomic mass is 9.98. The van der Waals surface area contributed by atoms with Gasteiger partial charge in [0.2, 0.25) is 11.8 Å². The smallest absolute Gasteiger partial charge is 0.239 e. The molecule has 0 N–H and O–H groups in total. The van der Waals surface area contributed by atoms with E-state index in [0.717, 1.165) is 15.8 Å². The van der Waals surface area contributed by atoms with E-state index in [4.69, 9.17) is 11.6 Å². The second-order valence-electron chi connectivity index (χ2n) is 5.76. The van der Waals surface area contributed by atoms with Gasteiger partial charge in [0.05, 0.1) is 16.1 Å². The van der Waals surface area contributed by atoms with Crippen LogP contribution >= 0.6 is 22.9 Å². The van der Waals surface area contributed by atoms with Crippen LogP contribution in [0.1, 0.15) is 12.0 Å². The van der Waals surface area contributed by atoms with E-state index < -0.39 is 0 Å². The quantitative estimate of drug-likeness (QED) is 0.664. The van der Waals surface area contributed by atoms with E-state index in [1.165, 1.54) is 16.2 Å². The molecule has 1 atom stereocenters. The molecule has 0 unspecified atom stereocenters. The maximum Gasteiger partial charge on any atom is 0.239 e. The lowest BCUT2D eigenvalue weighted by Crippen LogP contribution is -2.30. The number of hydrogen-bond donors (Lipinski definition) is 0. The number of carbonyl (C=O) groups excluding carboxylic acids is 2. The van der Waals surface area contributed by atoms with E-state index in [1.807, 2.05) is 36.4 Å². The standard InChI is InChI=1S/C18H13ClN2O2S/c19-13-7-5-11(6-8-13)9-12-10-16(22)21(17(12)23)18-20-14-3-1-2-4-15(14)24-18/h1-8,12H,9-10H2/t12-/m1/s1. The first-order valence-electron chi connectivity index (χ1n) is 7.58. The molecule has 1 saturated heterocycles. The molecule has 120 valence electrons. The molecule has 1 aliphatic rings. The molecule has 0 bridgehead atoms. The molecule has 2 heterocycles. The topological polar surface area (TPSA) is 50.3 Å². The van der Waals surface area contributed by atoms with Gasteiger partial charge in [0.15, 0.2) is 5.13 Å². The zero-order valence-corrected chi connectivity index (χ0v) is 14.2. The number of rotatable bonds is 3. The SMILES string of the molecule is O=C1C[C@@H](Cc2ccc(Cl)cc2)C(=O)N1c1nc2ccccc2s1. The van der Waals surface area contributed by atoms with Crippen molar-refractivity contribution in [3.63, 3.8) is 0 Å². The molecule has 1 aromatic heterocycles. The minimum Gasteiger partial charge on any atom is -0.274 e. The molecule has 6 heteroatoms. The predicted octanol–water partition coefficient (Wildman–Crippen LogP) is 4.07. The summed E-state index contributed by atoms with van der Waals surface area (Å²) >= 11 is 7.25. The summed E-state index contributed by atoms with van der Waals surface area (Å²) in [6.45, 7) is 0. The number of fused-ring (bicyclic) bond motifs is 1. The minimum atomic E-state index is -0.342. The molecular formula is C18H13ClN2O2S. The maximum absolute atomic E-state index is 12.7. The van der Waals surface area contributed by atoms with Crippen LogP contribution in [0.15, 0.2) is 48.5 Å². The first kappa shape index (κ1) is 15.3. The van der Waals surface area contributed by atoms with Crippen LogP contribution in [0.5, 0.6) is 0 Å². The Labute approximate surface area is 147 Å². The number of nitrogens with zero attached hydrogens (tertiary/aromatic N) is 2. The van der Waals surface area contributed by atoms with Gasteiger partial charge in [0.1, 0.15) is 0 Å². The first-order valence-corrected chi connectivity index (χ1v) is 8.78. The number of halogens is 1. The molecule has 1 aliphatic heterocycles. The van der Waals surface area contributed by atoms with Gasteiger partial charge in [-0.2, -0.15) is 0 Å². The lowest BCUT2D eigenvalue weighted by Gasteiger charge is -2.11. The van der Waals surface area contributed by atoms with Gasteiger partial charge in [-0.3, -0.25) is 9.59 Å². The second-order valence-corrected chi connectivity index (χ2v) is 7.21. The zero-order valence-electron chi connectivity index (χ0n) is 12.6. The Morgan fingerprint density at radius 3 is 2.62 bits per heavy atom. The van der Waals surface area contributed by atoms with E-state index in [0.29, 0.717) is 16.6 Å². The van der Waals surface area contributed by atoms with E-state index in [9.17, 15) is 9.59 Å². The summed E-state index contributed by atoms with van der Waals surface area (Å²) in [6, 6.07) is 15.0. The van der Waals surface area contributed by atoms with E-state index in [-0.39, 0.29) is 24.2 Å². The minimum absolute atomic E-state index is 0.172. The van der Waals surface area contributed by atoms with Crippen molar-refractivity contribution in [1.82, 2.24) is 4.98 Å². The van der Waals surface area contributed by atoms with Crippen LogP contribution in [0.3, 0.4) is 0 Å². The largest absolute Gasteiger partial charge is 0.274 e. The van der Waals surface area contributed by atoms with Crippen molar-refractivity contribution in [3.05, 3.63) is 59.1 Å². The molecule has 0 saturated carbocycles. The highest BCUT2D eigenvalue weighted by Crippen LogP contribution is 2.34. The average Bonchev–Trinajstić information content (AvgIpc) is 3.10. The second kappa shape index (κ2) is 6.00. The van der Waals surface area contributed by atoms with E-state index in [2.05, 4.69) is 4.98 Å². The third-order valence-corrected chi connectivity index (χ3v) is 5.38. The fourth-order valence-corrected chi connectivity index (χ4v) is 4.03. The molecule has 2 aromatic carbocycles. The van der Waals surface area contributed by atoms with Crippen LogP contribution in [0.4, 0.5) is 5.13 Å². The van der Waals surface area contributed by atoms with Gasteiger partial charge in [-0.25, -0.2) is 9.88 Å². The average molecular weight is 357 g/mol. The number of imide groups is 1. The van der Waals surface area contributed by atoms with Crippen molar-refractivity contribution in [1.29, 1.82) is 0 Å². The summed E-state index contributed by atoms with van der Waals surface area (Å²) < 4.78 is 0.967. The van der Waals surface area contributed by atoms with Gasteiger partial charge >= 0.3 is 0 Å². The van der Waals surface area contributed by atoms with Crippen molar-refractivity contribution >= 4 is 50.1 Å². The van der Waals surface area contributed by atoms with Gasteiger partial charge in [0, 0.05) is 11.4 Å². The summed E-state index contributed by atoms with van der Waals surface area (Å²) in [5, 5.41) is 1.12. The fraction of sp³-hybridized carbons (Fsp3) is 0.167. The van der Waals surface area contributed by atoms with Crippen molar-refractivity contribution in [3.8, 4) is 0 Å². The highest BCUT2D eigenvalue weighted by molar-refractivity contribution is 7.22. The molecule has 0 aliphatic carbocycles. The number of hydrogen-bond acceptors (Lipinski definition) is 4. The van der Waals surface area contributed by atoms with E-state index in [1.54, 1.807) is 12.1 Å². The fourth-order valence-electron chi connectivity index (χ4n) is 2.92. The molecular weight excluding hydrogens is 344 g/mol. The third kappa shape index (κ3) is 2.70. The Morgan fingerprint density at radius 1 is 1.12 bits per heavy atom. The van der Waals surface area contributed by atoms with Crippen LogP contribution in [-0.4, -0.2) is 16.8 Å². The number of thiazole rings is 1. The summed E-state index contributed by atoms with van der Waals surface area (Å²) in [6.07, 6.45) is 0.751. The number of amides is 2. The van der Waals surface area contributed by atoms with Crippen molar-refractivity contribution in [2.75, 3.05) is 4.90 Å². The van der Waals surface area contributed by atoms with Gasteiger partial charge in [-0.1, -0.05) is 47.2 Å². The first-order chi connectivity index (χ1) is 11.6. The van der Waals surface area contributed by atoms with Gasteiger partial charge in [0.25, 0.3) is 0 Å². The normalized spacial score (nSPS) is 17.9. The van der Waals surface area contributed by atoms with Gasteiger partial charge in [-0.05, 0) is 36.2 Å². The monoisotopic (exact) mass is 356 g/mol. The summed E-state index contributed by atoms with van der Waals surface area (Å²) in [5.74, 6) is -0.697. The summed E-state index contributed by atoms with van der Waals surface area (Å²) in [4.78, 5) is 30.8. The molecule has 0 spiro atoms. The van der Waals surface area contributed by atoms with Gasteiger partial charge in [-0.15, -0.1) is 0 Å².